The number of hydrogen-bond donors (Lipinski definition) is 1. The van der Waals surface area contributed by atoms with Crippen LogP contribution < -0.4 is 5.32 Å². The monoisotopic (exact) mass is 272 g/mol. The second kappa shape index (κ2) is 6.66. The van der Waals surface area contributed by atoms with Gasteiger partial charge in [-0.25, -0.2) is 9.67 Å². The molecule has 1 N–H and O–H groups in total. The molecule has 4 nitrogen and oxygen atoms in total. The van der Waals surface area contributed by atoms with Crippen LogP contribution in [0.2, 0.25) is 0 Å². The van der Waals surface area contributed by atoms with Crippen molar-refractivity contribution in [3.63, 3.8) is 0 Å². The maximum Gasteiger partial charge on any atom is 0.145 e. The van der Waals surface area contributed by atoms with Gasteiger partial charge in [-0.15, -0.1) is 0 Å². The zero-order valence-electron chi connectivity index (χ0n) is 10.4. The topological polar surface area (TPSA) is 42.7 Å². The fraction of sp³-hybridized carbons (Fsp3) is 0.818. The molecule has 2 heterocycles. The lowest BCUT2D eigenvalue weighted by atomic mass is 10.2. The van der Waals surface area contributed by atoms with Gasteiger partial charge in [-0.2, -0.15) is 28.6 Å². The molecule has 0 saturated carbocycles. The Bertz CT molecular complexity index is 336. The quantitative estimate of drug-likeness (QED) is 0.885. The lowest BCUT2D eigenvalue weighted by Gasteiger charge is -2.28. The summed E-state index contributed by atoms with van der Waals surface area (Å²) in [5.41, 5.74) is 0. The van der Waals surface area contributed by atoms with Gasteiger partial charge in [-0.3, -0.25) is 0 Å². The van der Waals surface area contributed by atoms with Gasteiger partial charge < -0.3 is 5.32 Å². The maximum absolute atomic E-state index is 4.45. The number of nitrogens with one attached hydrogen (secondary N) is 1. The van der Waals surface area contributed by atoms with Gasteiger partial charge in [0, 0.05) is 29.1 Å². The molecule has 96 valence electrons. The summed E-state index contributed by atoms with van der Waals surface area (Å²) in [5, 5.41) is 8.34. The first-order chi connectivity index (χ1) is 8.36. The van der Waals surface area contributed by atoms with Crippen LogP contribution in [0.3, 0.4) is 0 Å². The SMILES string of the molecule is CCCn1ncnc1C(NC)C1CSCCS1. The average Bonchev–Trinajstić information content (AvgIpc) is 2.81. The van der Waals surface area contributed by atoms with Crippen molar-refractivity contribution in [2.75, 3.05) is 24.3 Å². The van der Waals surface area contributed by atoms with Gasteiger partial charge in [-0.05, 0) is 13.5 Å². The Morgan fingerprint density at radius 1 is 1.59 bits per heavy atom. The number of nitrogens with zero attached hydrogens (tertiary/aromatic N) is 3. The molecule has 6 heteroatoms. The third-order valence-electron chi connectivity index (χ3n) is 2.88. The highest BCUT2D eigenvalue weighted by Crippen LogP contribution is 2.32. The van der Waals surface area contributed by atoms with E-state index in [4.69, 9.17) is 0 Å². The van der Waals surface area contributed by atoms with Crippen LogP contribution in [0.1, 0.15) is 25.2 Å². The Morgan fingerprint density at radius 3 is 3.12 bits per heavy atom. The van der Waals surface area contributed by atoms with E-state index in [1.807, 2.05) is 23.5 Å². The van der Waals surface area contributed by atoms with Crippen molar-refractivity contribution in [2.24, 2.45) is 0 Å². The fourth-order valence-electron chi connectivity index (χ4n) is 2.08. The molecule has 1 aromatic rings. The molecular weight excluding hydrogens is 252 g/mol. The van der Waals surface area contributed by atoms with Gasteiger partial charge in [-0.1, -0.05) is 6.92 Å². The smallest absolute Gasteiger partial charge is 0.145 e. The van der Waals surface area contributed by atoms with Crippen molar-refractivity contribution in [3.8, 4) is 0 Å². The fourth-order valence-corrected chi connectivity index (χ4v) is 4.95. The minimum atomic E-state index is 0.321. The molecule has 2 rings (SSSR count). The van der Waals surface area contributed by atoms with E-state index in [0.29, 0.717) is 11.3 Å². The van der Waals surface area contributed by atoms with Crippen LogP contribution in [0.25, 0.3) is 0 Å². The summed E-state index contributed by atoms with van der Waals surface area (Å²) in [6.07, 6.45) is 2.77. The van der Waals surface area contributed by atoms with Crippen molar-refractivity contribution in [1.82, 2.24) is 20.1 Å². The van der Waals surface area contributed by atoms with Crippen molar-refractivity contribution in [2.45, 2.75) is 31.2 Å². The molecule has 1 aromatic heterocycles. The molecule has 1 aliphatic rings. The molecule has 1 fully saturated rings. The minimum Gasteiger partial charge on any atom is -0.309 e. The summed E-state index contributed by atoms with van der Waals surface area (Å²) in [7, 11) is 2.02. The first-order valence-corrected chi connectivity index (χ1v) is 8.31. The van der Waals surface area contributed by atoms with Crippen LogP contribution in [-0.2, 0) is 6.54 Å². The van der Waals surface area contributed by atoms with Crippen molar-refractivity contribution < 1.29 is 0 Å². The number of aromatic nitrogens is 3. The standard InChI is InChI=1S/C11H20N4S2/c1-3-4-15-11(13-8-14-15)10(12-2)9-7-16-5-6-17-9/h8-10,12H,3-7H2,1-2H3. The first-order valence-electron chi connectivity index (χ1n) is 6.11. The van der Waals surface area contributed by atoms with E-state index >= 15 is 0 Å². The van der Waals surface area contributed by atoms with E-state index in [9.17, 15) is 0 Å². The lowest BCUT2D eigenvalue weighted by Crippen LogP contribution is -2.33. The van der Waals surface area contributed by atoms with Crippen molar-refractivity contribution in [1.29, 1.82) is 0 Å². The molecule has 2 atom stereocenters. The molecule has 0 radical (unpaired) electrons. The van der Waals surface area contributed by atoms with E-state index in [0.717, 1.165) is 18.8 Å². The molecule has 0 aliphatic carbocycles. The van der Waals surface area contributed by atoms with Crippen LogP contribution in [0, 0.1) is 0 Å². The van der Waals surface area contributed by atoms with E-state index < -0.39 is 0 Å². The molecule has 1 aliphatic heterocycles. The Morgan fingerprint density at radius 2 is 2.47 bits per heavy atom. The van der Waals surface area contributed by atoms with Crippen LogP contribution in [-0.4, -0.2) is 44.3 Å². The Labute approximate surface area is 111 Å². The average molecular weight is 272 g/mol. The van der Waals surface area contributed by atoms with Gasteiger partial charge in [0.25, 0.3) is 0 Å². The minimum absolute atomic E-state index is 0.321. The Balaban J connectivity index is 2.12. The van der Waals surface area contributed by atoms with Crippen LogP contribution in [0.4, 0.5) is 0 Å². The second-order valence-electron chi connectivity index (χ2n) is 4.09. The molecule has 17 heavy (non-hydrogen) atoms. The molecule has 2 unspecified atom stereocenters. The third-order valence-corrected chi connectivity index (χ3v) is 5.75. The van der Waals surface area contributed by atoms with Gasteiger partial charge in [0.1, 0.15) is 12.2 Å². The van der Waals surface area contributed by atoms with E-state index in [1.54, 1.807) is 6.33 Å². The predicted molar refractivity (Wildman–Crippen MR) is 75.7 cm³/mol. The van der Waals surface area contributed by atoms with E-state index in [-0.39, 0.29) is 0 Å². The first kappa shape index (κ1) is 13.2. The van der Waals surface area contributed by atoms with Crippen molar-refractivity contribution >= 4 is 23.5 Å². The molecule has 0 aromatic carbocycles. The summed E-state index contributed by atoms with van der Waals surface area (Å²) >= 11 is 4.10. The largest absolute Gasteiger partial charge is 0.309 e. The maximum atomic E-state index is 4.45. The summed E-state index contributed by atoms with van der Waals surface area (Å²) in [4.78, 5) is 4.45. The summed E-state index contributed by atoms with van der Waals surface area (Å²) in [6.45, 7) is 3.13. The Kier molecular flexibility index (Phi) is 5.18. The number of rotatable bonds is 5. The second-order valence-corrected chi connectivity index (χ2v) is 6.59. The molecule has 0 bridgehead atoms. The van der Waals surface area contributed by atoms with E-state index in [1.165, 1.54) is 17.3 Å². The number of hydrogen-bond acceptors (Lipinski definition) is 5. The zero-order valence-corrected chi connectivity index (χ0v) is 12.1. The Hall–Kier alpha value is -0.200. The van der Waals surface area contributed by atoms with Gasteiger partial charge in [0.15, 0.2) is 0 Å². The number of thioether (sulfide) groups is 2. The number of aryl methyl sites for hydroxylation is 1. The molecule has 0 amide bonds. The van der Waals surface area contributed by atoms with Crippen LogP contribution in [0.5, 0.6) is 0 Å². The molecule has 1 saturated heterocycles. The summed E-state index contributed by atoms with van der Waals surface area (Å²) in [5.74, 6) is 4.82. The predicted octanol–water partition coefficient (Wildman–Crippen LogP) is 1.80. The molecular formula is C11H20N4S2. The van der Waals surface area contributed by atoms with Crippen LogP contribution >= 0.6 is 23.5 Å². The van der Waals surface area contributed by atoms with Gasteiger partial charge in [0.2, 0.25) is 0 Å². The highest BCUT2D eigenvalue weighted by atomic mass is 32.2. The van der Waals surface area contributed by atoms with E-state index in [2.05, 4.69) is 34.1 Å². The van der Waals surface area contributed by atoms with Gasteiger partial charge in [0.05, 0.1) is 6.04 Å². The summed E-state index contributed by atoms with van der Waals surface area (Å²) in [6, 6.07) is 0.321. The zero-order chi connectivity index (χ0) is 12.1. The lowest BCUT2D eigenvalue weighted by molar-refractivity contribution is 0.487. The van der Waals surface area contributed by atoms with Crippen LogP contribution in [0.15, 0.2) is 6.33 Å². The normalized spacial score (nSPS) is 22.6. The summed E-state index contributed by atoms with van der Waals surface area (Å²) < 4.78 is 2.04. The van der Waals surface area contributed by atoms with Gasteiger partial charge >= 0.3 is 0 Å². The highest BCUT2D eigenvalue weighted by Gasteiger charge is 2.28. The van der Waals surface area contributed by atoms with Crippen molar-refractivity contribution in [3.05, 3.63) is 12.2 Å². The highest BCUT2D eigenvalue weighted by molar-refractivity contribution is 8.06. The molecule has 0 spiro atoms. The third kappa shape index (κ3) is 3.17.